The van der Waals surface area contributed by atoms with Gasteiger partial charge in [-0.25, -0.2) is 4.98 Å². The second-order valence-corrected chi connectivity index (χ2v) is 4.14. The molecule has 0 unspecified atom stereocenters. The van der Waals surface area contributed by atoms with Gasteiger partial charge in [0.25, 0.3) is 0 Å². The van der Waals surface area contributed by atoms with E-state index in [-0.39, 0.29) is 12.4 Å². The molecule has 82 valence electrons. The fourth-order valence-electron chi connectivity index (χ4n) is 1.40. The molecule has 2 rings (SSSR count). The summed E-state index contributed by atoms with van der Waals surface area (Å²) in [5, 5.41) is 1.04. The summed E-state index contributed by atoms with van der Waals surface area (Å²) in [4.78, 5) is 4.52. The molecule has 5 heteroatoms. The molecule has 1 aromatic carbocycles. The molecule has 0 aliphatic carbocycles. The normalized spacial score (nSPS) is 10.3. The molecule has 0 saturated heterocycles. The van der Waals surface area contributed by atoms with Crippen LogP contribution in [0, 0.1) is 0 Å². The summed E-state index contributed by atoms with van der Waals surface area (Å²) in [6, 6.07) is 8.14. The van der Waals surface area contributed by atoms with Crippen LogP contribution in [-0.2, 0) is 7.05 Å². The molecule has 0 amide bonds. The standard InChI is InChI=1S/C10H13N3S.ClH/c1-13-9-5-3-2-4-8(9)12-10(13)14-7-6-11;/h2-5H,6-7,11H2,1H3;1H. The smallest absolute Gasteiger partial charge is 0.168 e. The highest BCUT2D eigenvalue weighted by Crippen LogP contribution is 2.21. The van der Waals surface area contributed by atoms with Crippen molar-refractivity contribution in [3.8, 4) is 0 Å². The molecule has 1 aromatic heterocycles. The number of rotatable bonds is 3. The maximum atomic E-state index is 5.46. The maximum Gasteiger partial charge on any atom is 0.168 e. The Morgan fingerprint density at radius 2 is 2.13 bits per heavy atom. The van der Waals surface area contributed by atoms with Gasteiger partial charge in [-0.3, -0.25) is 0 Å². The predicted octanol–water partition coefficient (Wildman–Crippen LogP) is 2.05. The van der Waals surface area contributed by atoms with Gasteiger partial charge in [0.1, 0.15) is 0 Å². The first-order valence-corrected chi connectivity index (χ1v) is 5.56. The summed E-state index contributed by atoms with van der Waals surface area (Å²) < 4.78 is 2.11. The molecule has 0 spiro atoms. The third-order valence-electron chi connectivity index (χ3n) is 2.10. The fourth-order valence-corrected chi connectivity index (χ4v) is 2.16. The predicted molar refractivity (Wildman–Crippen MR) is 67.7 cm³/mol. The van der Waals surface area contributed by atoms with E-state index in [4.69, 9.17) is 5.73 Å². The van der Waals surface area contributed by atoms with Gasteiger partial charge in [0.15, 0.2) is 5.16 Å². The van der Waals surface area contributed by atoms with E-state index >= 15 is 0 Å². The third kappa shape index (κ3) is 2.45. The zero-order chi connectivity index (χ0) is 9.97. The zero-order valence-electron chi connectivity index (χ0n) is 8.51. The minimum Gasteiger partial charge on any atom is -0.330 e. The topological polar surface area (TPSA) is 43.8 Å². The summed E-state index contributed by atoms with van der Waals surface area (Å²) in [5.41, 5.74) is 7.69. The highest BCUT2D eigenvalue weighted by Gasteiger charge is 2.05. The number of nitrogens with two attached hydrogens (primary N) is 1. The van der Waals surface area contributed by atoms with Crippen molar-refractivity contribution >= 4 is 35.2 Å². The number of halogens is 1. The van der Waals surface area contributed by atoms with E-state index in [1.54, 1.807) is 11.8 Å². The van der Waals surface area contributed by atoms with Crippen molar-refractivity contribution in [2.45, 2.75) is 5.16 Å². The van der Waals surface area contributed by atoms with Gasteiger partial charge in [-0.1, -0.05) is 23.9 Å². The van der Waals surface area contributed by atoms with Gasteiger partial charge < -0.3 is 10.3 Å². The van der Waals surface area contributed by atoms with Crippen molar-refractivity contribution < 1.29 is 0 Å². The number of thioether (sulfide) groups is 1. The van der Waals surface area contributed by atoms with Crippen LogP contribution in [0.1, 0.15) is 0 Å². The maximum absolute atomic E-state index is 5.46. The highest BCUT2D eigenvalue weighted by molar-refractivity contribution is 7.99. The Kier molecular flexibility index (Phi) is 4.45. The minimum absolute atomic E-state index is 0. The Balaban J connectivity index is 0.00000112. The molecular formula is C10H14ClN3S. The van der Waals surface area contributed by atoms with E-state index in [1.807, 2.05) is 25.2 Å². The largest absolute Gasteiger partial charge is 0.330 e. The molecule has 2 N–H and O–H groups in total. The molecule has 0 aliphatic rings. The molecular weight excluding hydrogens is 230 g/mol. The minimum atomic E-state index is 0. The van der Waals surface area contributed by atoms with E-state index < -0.39 is 0 Å². The number of para-hydroxylation sites is 2. The lowest BCUT2D eigenvalue weighted by Gasteiger charge is -1.99. The highest BCUT2D eigenvalue weighted by atomic mass is 35.5. The molecule has 0 aliphatic heterocycles. The molecule has 0 fully saturated rings. The Labute approximate surface area is 99.5 Å². The molecule has 2 aromatic rings. The van der Waals surface area contributed by atoms with Gasteiger partial charge in [0.05, 0.1) is 11.0 Å². The average Bonchev–Trinajstić information content (AvgIpc) is 2.54. The van der Waals surface area contributed by atoms with Crippen LogP contribution in [0.5, 0.6) is 0 Å². The monoisotopic (exact) mass is 243 g/mol. The van der Waals surface area contributed by atoms with E-state index in [1.165, 1.54) is 5.52 Å². The van der Waals surface area contributed by atoms with E-state index in [2.05, 4.69) is 15.6 Å². The quantitative estimate of drug-likeness (QED) is 0.840. The number of hydrogen-bond acceptors (Lipinski definition) is 3. The van der Waals surface area contributed by atoms with Crippen molar-refractivity contribution in [2.24, 2.45) is 12.8 Å². The van der Waals surface area contributed by atoms with Crippen molar-refractivity contribution in [1.82, 2.24) is 9.55 Å². The lowest BCUT2D eigenvalue weighted by atomic mass is 10.3. The Morgan fingerprint density at radius 3 is 2.80 bits per heavy atom. The summed E-state index contributed by atoms with van der Waals surface area (Å²) in [5.74, 6) is 0.914. The first-order valence-electron chi connectivity index (χ1n) is 4.57. The second kappa shape index (κ2) is 5.39. The number of fused-ring (bicyclic) bond motifs is 1. The number of benzene rings is 1. The number of hydrogen-bond donors (Lipinski definition) is 1. The van der Waals surface area contributed by atoms with E-state index in [0.29, 0.717) is 6.54 Å². The van der Waals surface area contributed by atoms with E-state index in [0.717, 1.165) is 16.4 Å². The molecule has 0 bridgehead atoms. The molecule has 0 saturated carbocycles. The van der Waals surface area contributed by atoms with Crippen LogP contribution >= 0.6 is 24.2 Å². The van der Waals surface area contributed by atoms with Gasteiger partial charge >= 0.3 is 0 Å². The fraction of sp³-hybridized carbons (Fsp3) is 0.300. The van der Waals surface area contributed by atoms with Crippen molar-refractivity contribution in [2.75, 3.05) is 12.3 Å². The Morgan fingerprint density at radius 1 is 1.40 bits per heavy atom. The molecule has 0 atom stereocenters. The first-order chi connectivity index (χ1) is 6.83. The molecule has 3 nitrogen and oxygen atoms in total. The number of nitrogens with zero attached hydrogens (tertiary/aromatic N) is 2. The second-order valence-electron chi connectivity index (χ2n) is 3.08. The Hall–Kier alpha value is -0.710. The zero-order valence-corrected chi connectivity index (χ0v) is 10.1. The summed E-state index contributed by atoms with van der Waals surface area (Å²) >= 11 is 1.70. The van der Waals surface area contributed by atoms with E-state index in [9.17, 15) is 0 Å². The van der Waals surface area contributed by atoms with Crippen LogP contribution in [0.15, 0.2) is 29.4 Å². The van der Waals surface area contributed by atoms with Gasteiger partial charge in [0, 0.05) is 19.3 Å². The molecule has 0 radical (unpaired) electrons. The number of aromatic nitrogens is 2. The number of aryl methyl sites for hydroxylation is 1. The van der Waals surface area contributed by atoms with Gasteiger partial charge in [-0.2, -0.15) is 0 Å². The summed E-state index contributed by atoms with van der Waals surface area (Å²) in [6.45, 7) is 0.688. The van der Waals surface area contributed by atoms with Gasteiger partial charge in [-0.15, -0.1) is 12.4 Å². The van der Waals surface area contributed by atoms with Crippen LogP contribution < -0.4 is 5.73 Å². The van der Waals surface area contributed by atoms with Crippen molar-refractivity contribution in [1.29, 1.82) is 0 Å². The number of imidazole rings is 1. The van der Waals surface area contributed by atoms with Crippen LogP contribution in [-0.4, -0.2) is 21.8 Å². The Bertz CT molecular complexity index is 441. The van der Waals surface area contributed by atoms with Gasteiger partial charge in [0.2, 0.25) is 0 Å². The molecule has 1 heterocycles. The first kappa shape index (κ1) is 12.4. The SMILES string of the molecule is Cl.Cn1c(SCCN)nc2ccccc21. The van der Waals surface area contributed by atoms with Crippen LogP contribution in [0.4, 0.5) is 0 Å². The lowest BCUT2D eigenvalue weighted by Crippen LogP contribution is -2.02. The van der Waals surface area contributed by atoms with Crippen LogP contribution in [0.25, 0.3) is 11.0 Å². The summed E-state index contributed by atoms with van der Waals surface area (Å²) in [6.07, 6.45) is 0. The lowest BCUT2D eigenvalue weighted by molar-refractivity contribution is 0.814. The van der Waals surface area contributed by atoms with Gasteiger partial charge in [-0.05, 0) is 12.1 Å². The average molecular weight is 244 g/mol. The van der Waals surface area contributed by atoms with Crippen molar-refractivity contribution in [3.63, 3.8) is 0 Å². The molecule has 15 heavy (non-hydrogen) atoms. The third-order valence-corrected chi connectivity index (χ3v) is 3.16. The van der Waals surface area contributed by atoms with Crippen molar-refractivity contribution in [3.05, 3.63) is 24.3 Å². The van der Waals surface area contributed by atoms with Crippen LogP contribution in [0.3, 0.4) is 0 Å². The van der Waals surface area contributed by atoms with Crippen LogP contribution in [0.2, 0.25) is 0 Å². The summed E-state index contributed by atoms with van der Waals surface area (Å²) in [7, 11) is 2.04.